The second kappa shape index (κ2) is 4.91. The third-order valence-electron chi connectivity index (χ3n) is 2.70. The smallest absolute Gasteiger partial charge is 0.417 e. The summed E-state index contributed by atoms with van der Waals surface area (Å²) in [5, 5.41) is 0. The maximum Gasteiger partial charge on any atom is 0.417 e. The fourth-order valence-corrected chi connectivity index (χ4v) is 1.82. The molecule has 0 aliphatic rings. The van der Waals surface area contributed by atoms with E-state index in [1.54, 1.807) is 0 Å². The van der Waals surface area contributed by atoms with Gasteiger partial charge in [-0.25, -0.2) is 4.39 Å². The van der Waals surface area contributed by atoms with Crippen molar-refractivity contribution >= 4 is 0 Å². The molecule has 0 unspecified atom stereocenters. The molecule has 0 saturated heterocycles. The molecule has 2 aromatic carbocycles. The van der Waals surface area contributed by atoms with Gasteiger partial charge in [-0.2, -0.15) is 13.2 Å². The Bertz CT molecular complexity index is 590. The summed E-state index contributed by atoms with van der Waals surface area (Å²) >= 11 is 0. The zero-order valence-electron chi connectivity index (χ0n) is 9.96. The van der Waals surface area contributed by atoms with Crippen LogP contribution in [0.15, 0.2) is 42.5 Å². The highest BCUT2D eigenvalue weighted by molar-refractivity contribution is 5.68. The molecule has 0 fully saturated rings. The van der Waals surface area contributed by atoms with Crippen LogP contribution in [0.3, 0.4) is 0 Å². The summed E-state index contributed by atoms with van der Waals surface area (Å²) in [5.41, 5.74) is -0.692. The maximum absolute atomic E-state index is 13.6. The van der Waals surface area contributed by atoms with Gasteiger partial charge in [-0.3, -0.25) is 0 Å². The highest BCUT2D eigenvalue weighted by atomic mass is 19.4. The highest BCUT2D eigenvalue weighted by Gasteiger charge is 2.33. The summed E-state index contributed by atoms with van der Waals surface area (Å²) in [6.45, 7) is 0. The second-order valence-electron chi connectivity index (χ2n) is 3.89. The van der Waals surface area contributed by atoms with E-state index in [0.29, 0.717) is 0 Å². The number of hydrogen-bond acceptors (Lipinski definition) is 1. The van der Waals surface area contributed by atoms with E-state index in [0.717, 1.165) is 12.1 Å². The maximum atomic E-state index is 13.6. The molecule has 19 heavy (non-hydrogen) atoms. The van der Waals surface area contributed by atoms with Gasteiger partial charge in [-0.1, -0.05) is 24.3 Å². The Morgan fingerprint density at radius 2 is 1.68 bits per heavy atom. The molecule has 0 aromatic heterocycles. The van der Waals surface area contributed by atoms with Crippen LogP contribution in [0.2, 0.25) is 0 Å². The summed E-state index contributed by atoms with van der Waals surface area (Å²) in [6, 6.07) is 8.79. The molecule has 2 rings (SSSR count). The van der Waals surface area contributed by atoms with E-state index in [4.69, 9.17) is 4.74 Å². The van der Waals surface area contributed by atoms with Gasteiger partial charge in [-0.05, 0) is 29.3 Å². The van der Waals surface area contributed by atoms with Gasteiger partial charge in [0.05, 0.1) is 12.7 Å². The van der Waals surface area contributed by atoms with Crippen LogP contribution in [0.25, 0.3) is 11.1 Å². The number of methoxy groups -OCH3 is 1. The van der Waals surface area contributed by atoms with Crippen molar-refractivity contribution in [3.05, 3.63) is 53.8 Å². The van der Waals surface area contributed by atoms with E-state index < -0.39 is 17.6 Å². The summed E-state index contributed by atoms with van der Waals surface area (Å²) in [7, 11) is 1.29. The topological polar surface area (TPSA) is 9.23 Å². The van der Waals surface area contributed by atoms with E-state index in [2.05, 4.69) is 0 Å². The number of ether oxygens (including phenoxy) is 1. The van der Waals surface area contributed by atoms with Gasteiger partial charge < -0.3 is 4.74 Å². The van der Waals surface area contributed by atoms with Gasteiger partial charge in [-0.15, -0.1) is 0 Å². The van der Waals surface area contributed by atoms with Crippen LogP contribution in [0.1, 0.15) is 5.56 Å². The van der Waals surface area contributed by atoms with Crippen molar-refractivity contribution in [1.82, 2.24) is 0 Å². The lowest BCUT2D eigenvalue weighted by atomic mass is 9.99. The van der Waals surface area contributed by atoms with Crippen molar-refractivity contribution in [1.29, 1.82) is 0 Å². The van der Waals surface area contributed by atoms with Crippen LogP contribution in [-0.2, 0) is 6.18 Å². The van der Waals surface area contributed by atoms with E-state index in [1.807, 2.05) is 0 Å². The average Bonchev–Trinajstić information content (AvgIpc) is 2.37. The monoisotopic (exact) mass is 270 g/mol. The predicted molar refractivity (Wildman–Crippen MR) is 63.4 cm³/mol. The number of rotatable bonds is 2. The SMILES string of the molecule is COc1ccc(-c2ccccc2C(F)(F)F)cc1F. The van der Waals surface area contributed by atoms with E-state index in [9.17, 15) is 17.6 Å². The van der Waals surface area contributed by atoms with Crippen molar-refractivity contribution < 1.29 is 22.3 Å². The molecule has 2 aromatic rings. The molecule has 0 N–H and O–H groups in total. The first-order chi connectivity index (χ1) is 8.93. The van der Waals surface area contributed by atoms with Crippen molar-refractivity contribution in [2.24, 2.45) is 0 Å². The van der Waals surface area contributed by atoms with Crippen molar-refractivity contribution in [2.75, 3.05) is 7.11 Å². The number of halogens is 4. The zero-order chi connectivity index (χ0) is 14.0. The van der Waals surface area contributed by atoms with Crippen LogP contribution in [0.5, 0.6) is 5.75 Å². The van der Waals surface area contributed by atoms with Crippen LogP contribution < -0.4 is 4.74 Å². The Morgan fingerprint density at radius 3 is 2.26 bits per heavy atom. The van der Waals surface area contributed by atoms with Gasteiger partial charge in [0.25, 0.3) is 0 Å². The molecule has 0 spiro atoms. The Labute approximate surface area is 107 Å². The van der Waals surface area contributed by atoms with Gasteiger partial charge in [0.15, 0.2) is 11.6 Å². The van der Waals surface area contributed by atoms with Crippen LogP contribution in [-0.4, -0.2) is 7.11 Å². The lowest BCUT2D eigenvalue weighted by Crippen LogP contribution is -2.06. The number of alkyl halides is 3. The van der Waals surface area contributed by atoms with E-state index >= 15 is 0 Å². The summed E-state index contributed by atoms with van der Waals surface area (Å²) in [6.07, 6.45) is -4.48. The molecule has 0 aliphatic heterocycles. The summed E-state index contributed by atoms with van der Waals surface area (Å²) in [4.78, 5) is 0. The molecule has 0 bridgehead atoms. The minimum Gasteiger partial charge on any atom is -0.494 e. The van der Waals surface area contributed by atoms with Crippen LogP contribution in [0, 0.1) is 5.82 Å². The minimum absolute atomic E-state index is 0.00626. The fraction of sp³-hybridized carbons (Fsp3) is 0.143. The Hall–Kier alpha value is -2.04. The molecular weight excluding hydrogens is 260 g/mol. The Kier molecular flexibility index (Phi) is 3.46. The van der Waals surface area contributed by atoms with Gasteiger partial charge in [0.1, 0.15) is 0 Å². The third kappa shape index (κ3) is 2.70. The first-order valence-electron chi connectivity index (χ1n) is 5.43. The first-order valence-corrected chi connectivity index (χ1v) is 5.43. The van der Waals surface area contributed by atoms with Gasteiger partial charge in [0, 0.05) is 0 Å². The lowest BCUT2D eigenvalue weighted by Gasteiger charge is -2.13. The van der Waals surface area contributed by atoms with Crippen LogP contribution >= 0.6 is 0 Å². The largest absolute Gasteiger partial charge is 0.494 e. The average molecular weight is 270 g/mol. The molecule has 0 radical (unpaired) electrons. The van der Waals surface area contributed by atoms with Gasteiger partial charge in [0.2, 0.25) is 0 Å². The lowest BCUT2D eigenvalue weighted by molar-refractivity contribution is -0.137. The Morgan fingerprint density at radius 1 is 1.00 bits per heavy atom. The molecule has 5 heteroatoms. The first kappa shape index (κ1) is 13.4. The Balaban J connectivity index is 2.57. The molecule has 0 atom stereocenters. The minimum atomic E-state index is -4.48. The number of hydrogen-bond donors (Lipinski definition) is 0. The van der Waals surface area contributed by atoms with Crippen LogP contribution in [0.4, 0.5) is 17.6 Å². The molecular formula is C14H10F4O. The standard InChI is InChI=1S/C14H10F4O/c1-19-13-7-6-9(8-12(13)15)10-4-2-3-5-11(10)14(16,17)18/h2-8H,1H3. The van der Waals surface area contributed by atoms with Crippen molar-refractivity contribution in [2.45, 2.75) is 6.18 Å². The molecule has 0 aliphatic carbocycles. The van der Waals surface area contributed by atoms with Crippen molar-refractivity contribution in [3.8, 4) is 16.9 Å². The summed E-state index contributed by atoms with van der Waals surface area (Å²) < 4.78 is 56.9. The van der Waals surface area contributed by atoms with E-state index in [1.165, 1.54) is 37.4 Å². The molecule has 0 amide bonds. The zero-order valence-corrected chi connectivity index (χ0v) is 9.96. The molecule has 0 heterocycles. The second-order valence-corrected chi connectivity index (χ2v) is 3.89. The third-order valence-corrected chi connectivity index (χ3v) is 2.70. The van der Waals surface area contributed by atoms with Gasteiger partial charge >= 0.3 is 6.18 Å². The quantitative estimate of drug-likeness (QED) is 0.729. The number of benzene rings is 2. The molecule has 1 nitrogen and oxygen atoms in total. The normalized spacial score (nSPS) is 11.4. The summed E-state index contributed by atoms with van der Waals surface area (Å²) in [5.74, 6) is -0.704. The molecule has 0 saturated carbocycles. The van der Waals surface area contributed by atoms with E-state index in [-0.39, 0.29) is 16.9 Å². The predicted octanol–water partition coefficient (Wildman–Crippen LogP) is 4.52. The highest BCUT2D eigenvalue weighted by Crippen LogP contribution is 2.37. The molecule has 100 valence electrons. The van der Waals surface area contributed by atoms with Crippen molar-refractivity contribution in [3.63, 3.8) is 0 Å². The fourth-order valence-electron chi connectivity index (χ4n) is 1.82.